The van der Waals surface area contributed by atoms with E-state index in [4.69, 9.17) is 14.3 Å². The lowest BCUT2D eigenvalue weighted by Gasteiger charge is -2.23. The van der Waals surface area contributed by atoms with Gasteiger partial charge in [-0.2, -0.15) is 0 Å². The molecule has 106 valence electrons. The molecule has 0 aliphatic rings. The minimum absolute atomic E-state index is 0.126. The number of carbonyl (C=O) groups is 2. The number of alkyl carbamates (subject to hydrolysis) is 1. The summed E-state index contributed by atoms with van der Waals surface area (Å²) in [7, 11) is 0. The summed E-state index contributed by atoms with van der Waals surface area (Å²) in [6.07, 6.45) is -1.36. The highest BCUT2D eigenvalue weighted by Gasteiger charge is 2.32. The lowest BCUT2D eigenvalue weighted by Crippen LogP contribution is -2.42. The van der Waals surface area contributed by atoms with Crippen LogP contribution in [0.1, 0.15) is 32.6 Å². The fraction of sp³-hybridized carbons (Fsp3) is 0.500. The van der Waals surface area contributed by atoms with Crippen molar-refractivity contribution >= 4 is 12.1 Å². The first kappa shape index (κ1) is 15.0. The van der Waals surface area contributed by atoms with E-state index in [1.54, 1.807) is 20.8 Å². The number of carboxylic acid groups (broad SMARTS) is 1. The molecule has 1 rings (SSSR count). The van der Waals surface area contributed by atoms with Crippen LogP contribution in [0.25, 0.3) is 0 Å². The Morgan fingerprint density at radius 1 is 1.42 bits per heavy atom. The average molecular weight is 271 g/mol. The van der Waals surface area contributed by atoms with Crippen molar-refractivity contribution in [3.63, 3.8) is 0 Å². The smallest absolute Gasteiger partial charge is 0.408 e. The molecule has 3 N–H and O–H groups in total. The number of hydrogen-bond donors (Lipinski definition) is 3. The molecule has 0 bridgehead atoms. The monoisotopic (exact) mass is 271 g/mol. The highest BCUT2D eigenvalue weighted by atomic mass is 16.6. The number of nitrogens with one attached hydrogen (secondary N) is 1. The van der Waals surface area contributed by atoms with E-state index in [0.717, 1.165) is 0 Å². The van der Waals surface area contributed by atoms with Crippen molar-refractivity contribution in [3.8, 4) is 0 Å². The fourth-order valence-electron chi connectivity index (χ4n) is 1.35. The molecule has 2 atom stereocenters. The molecule has 0 fully saturated rings. The first-order valence-corrected chi connectivity index (χ1v) is 5.64. The largest absolute Gasteiger partial charge is 0.479 e. The van der Waals surface area contributed by atoms with E-state index in [2.05, 4.69) is 5.32 Å². The first-order valence-electron chi connectivity index (χ1n) is 5.64. The Labute approximate surface area is 110 Å². The SMILES string of the molecule is CC(C)(C)OC(=O)N[C@@H](c1ccco1)[C@@H](O)C(=O)O. The number of aliphatic hydroxyl groups is 1. The third-order valence-electron chi connectivity index (χ3n) is 2.09. The average Bonchev–Trinajstić information content (AvgIpc) is 2.75. The number of carboxylic acids is 1. The van der Waals surface area contributed by atoms with E-state index in [9.17, 15) is 14.7 Å². The zero-order valence-electron chi connectivity index (χ0n) is 10.9. The number of carbonyl (C=O) groups excluding carboxylic acids is 1. The van der Waals surface area contributed by atoms with Crippen LogP contribution >= 0.6 is 0 Å². The van der Waals surface area contributed by atoms with Gasteiger partial charge in [0, 0.05) is 0 Å². The number of aliphatic hydroxyl groups excluding tert-OH is 1. The van der Waals surface area contributed by atoms with Gasteiger partial charge in [0.05, 0.1) is 6.26 Å². The molecule has 0 aliphatic carbocycles. The summed E-state index contributed by atoms with van der Waals surface area (Å²) in [5.74, 6) is -1.35. The van der Waals surface area contributed by atoms with Crippen LogP contribution < -0.4 is 5.32 Å². The molecule has 0 unspecified atom stereocenters. The van der Waals surface area contributed by atoms with E-state index in [-0.39, 0.29) is 5.76 Å². The maximum absolute atomic E-state index is 11.6. The Bertz CT molecular complexity index is 434. The van der Waals surface area contributed by atoms with Crippen molar-refractivity contribution in [2.75, 3.05) is 0 Å². The summed E-state index contributed by atoms with van der Waals surface area (Å²) in [5, 5.41) is 20.7. The van der Waals surface area contributed by atoms with Gasteiger partial charge in [0.15, 0.2) is 6.10 Å². The summed E-state index contributed by atoms with van der Waals surface area (Å²) in [6.45, 7) is 5.01. The van der Waals surface area contributed by atoms with E-state index >= 15 is 0 Å². The van der Waals surface area contributed by atoms with Gasteiger partial charge in [-0.05, 0) is 32.9 Å². The van der Waals surface area contributed by atoms with E-state index < -0.39 is 29.8 Å². The molecule has 7 heteroatoms. The van der Waals surface area contributed by atoms with Crippen LogP contribution in [-0.2, 0) is 9.53 Å². The molecule has 19 heavy (non-hydrogen) atoms. The first-order chi connectivity index (χ1) is 8.70. The fourth-order valence-corrected chi connectivity index (χ4v) is 1.35. The van der Waals surface area contributed by atoms with Gasteiger partial charge in [-0.3, -0.25) is 0 Å². The highest BCUT2D eigenvalue weighted by Crippen LogP contribution is 2.19. The molecule has 1 heterocycles. The van der Waals surface area contributed by atoms with Crippen LogP contribution in [0.15, 0.2) is 22.8 Å². The summed E-state index contributed by atoms with van der Waals surface area (Å²) < 4.78 is 10.0. The normalized spacial score (nSPS) is 14.5. The molecule has 0 aromatic carbocycles. The number of furan rings is 1. The third kappa shape index (κ3) is 4.63. The minimum atomic E-state index is -1.83. The molecule has 0 spiro atoms. The topological polar surface area (TPSA) is 109 Å². The molecule has 0 saturated heterocycles. The van der Waals surface area contributed by atoms with Gasteiger partial charge in [-0.1, -0.05) is 0 Å². The molecule has 0 saturated carbocycles. The van der Waals surface area contributed by atoms with E-state index in [1.165, 1.54) is 18.4 Å². The van der Waals surface area contributed by atoms with Gasteiger partial charge in [0.25, 0.3) is 0 Å². The zero-order valence-corrected chi connectivity index (χ0v) is 10.9. The number of hydrogen-bond acceptors (Lipinski definition) is 5. The van der Waals surface area contributed by atoms with Crippen LogP contribution in [0.4, 0.5) is 4.79 Å². The van der Waals surface area contributed by atoms with Gasteiger partial charge >= 0.3 is 12.1 Å². The summed E-state index contributed by atoms with van der Waals surface area (Å²) in [4.78, 5) is 22.4. The Balaban J connectivity index is 2.82. The van der Waals surface area contributed by atoms with Crippen LogP contribution in [-0.4, -0.2) is 34.0 Å². The standard InChI is InChI=1S/C12H17NO6/c1-12(2,3)19-11(17)13-8(9(14)10(15)16)7-5-4-6-18-7/h4-6,8-9,14H,1-3H3,(H,13,17)(H,15,16)/t8-,9+/m0/s1. The second-order valence-corrected chi connectivity index (χ2v) is 4.92. The molecule has 1 aromatic heterocycles. The van der Waals surface area contributed by atoms with Crippen LogP contribution in [0.5, 0.6) is 0 Å². The lowest BCUT2D eigenvalue weighted by atomic mass is 10.1. The van der Waals surface area contributed by atoms with Crippen molar-refractivity contribution in [2.24, 2.45) is 0 Å². The minimum Gasteiger partial charge on any atom is -0.479 e. The number of amides is 1. The summed E-state index contributed by atoms with van der Waals surface area (Å²) in [5.41, 5.74) is -0.730. The molecule has 7 nitrogen and oxygen atoms in total. The zero-order chi connectivity index (χ0) is 14.6. The molecule has 1 amide bonds. The lowest BCUT2D eigenvalue weighted by molar-refractivity contribution is -0.148. The Morgan fingerprint density at radius 2 is 2.05 bits per heavy atom. The predicted molar refractivity (Wildman–Crippen MR) is 64.5 cm³/mol. The third-order valence-corrected chi connectivity index (χ3v) is 2.09. The van der Waals surface area contributed by atoms with E-state index in [1.807, 2.05) is 0 Å². The van der Waals surface area contributed by atoms with E-state index in [0.29, 0.717) is 0 Å². The van der Waals surface area contributed by atoms with Crippen molar-refractivity contribution < 1.29 is 29.0 Å². The van der Waals surface area contributed by atoms with Crippen molar-refractivity contribution in [2.45, 2.75) is 38.5 Å². The maximum atomic E-state index is 11.6. The Hall–Kier alpha value is -2.02. The predicted octanol–water partition coefficient (Wildman–Crippen LogP) is 1.29. The van der Waals surface area contributed by atoms with Gasteiger partial charge in [0.1, 0.15) is 17.4 Å². The molecule has 1 aromatic rings. The second-order valence-electron chi connectivity index (χ2n) is 4.92. The van der Waals surface area contributed by atoms with Crippen molar-refractivity contribution in [3.05, 3.63) is 24.2 Å². The highest BCUT2D eigenvalue weighted by molar-refractivity contribution is 5.75. The maximum Gasteiger partial charge on any atom is 0.408 e. The van der Waals surface area contributed by atoms with Gasteiger partial charge in [-0.15, -0.1) is 0 Å². The summed E-state index contributed by atoms with van der Waals surface area (Å²) >= 11 is 0. The van der Waals surface area contributed by atoms with Crippen LogP contribution in [0.3, 0.4) is 0 Å². The number of aliphatic carboxylic acids is 1. The molecule has 0 radical (unpaired) electrons. The Kier molecular flexibility index (Phi) is 4.55. The molecular weight excluding hydrogens is 254 g/mol. The number of rotatable bonds is 4. The van der Waals surface area contributed by atoms with Gasteiger partial charge in [0.2, 0.25) is 0 Å². The second kappa shape index (κ2) is 5.75. The number of ether oxygens (including phenoxy) is 1. The quantitative estimate of drug-likeness (QED) is 0.761. The summed E-state index contributed by atoms with van der Waals surface area (Å²) in [6, 6.07) is 1.75. The van der Waals surface area contributed by atoms with Gasteiger partial charge in [-0.25, -0.2) is 9.59 Å². The van der Waals surface area contributed by atoms with Crippen LogP contribution in [0, 0.1) is 0 Å². The Morgan fingerprint density at radius 3 is 2.47 bits per heavy atom. The van der Waals surface area contributed by atoms with Gasteiger partial charge < -0.3 is 24.7 Å². The molecular formula is C12H17NO6. The van der Waals surface area contributed by atoms with Crippen molar-refractivity contribution in [1.82, 2.24) is 5.32 Å². The molecule has 0 aliphatic heterocycles. The van der Waals surface area contributed by atoms with Crippen LogP contribution in [0.2, 0.25) is 0 Å². The van der Waals surface area contributed by atoms with Crippen molar-refractivity contribution in [1.29, 1.82) is 0 Å².